The van der Waals surface area contributed by atoms with E-state index in [2.05, 4.69) is 5.32 Å². The van der Waals surface area contributed by atoms with E-state index in [1.165, 1.54) is 0 Å². The van der Waals surface area contributed by atoms with Gasteiger partial charge in [-0.3, -0.25) is 10.1 Å². The van der Waals surface area contributed by atoms with Gasteiger partial charge in [0.15, 0.2) is 0 Å². The van der Waals surface area contributed by atoms with Gasteiger partial charge >= 0.3 is 6.03 Å². The molecule has 1 heterocycles. The number of ether oxygens (including phenoxy) is 1. The van der Waals surface area contributed by atoms with Crippen LogP contribution >= 0.6 is 0 Å². The van der Waals surface area contributed by atoms with Crippen LogP contribution in [-0.4, -0.2) is 37.7 Å². The highest BCUT2D eigenvalue weighted by Gasteiger charge is 2.23. The van der Waals surface area contributed by atoms with E-state index in [1.54, 1.807) is 0 Å². The van der Waals surface area contributed by atoms with Crippen LogP contribution in [0.3, 0.4) is 0 Å². The molecule has 0 spiro atoms. The maximum absolute atomic E-state index is 11.0. The van der Waals surface area contributed by atoms with E-state index < -0.39 is 11.9 Å². The Morgan fingerprint density at radius 1 is 1.53 bits per heavy atom. The molecule has 1 rings (SSSR count). The van der Waals surface area contributed by atoms with Gasteiger partial charge in [-0.1, -0.05) is 0 Å². The molecule has 15 heavy (non-hydrogen) atoms. The minimum atomic E-state index is -0.820. The highest BCUT2D eigenvalue weighted by molar-refractivity contribution is 5.94. The minimum Gasteiger partial charge on any atom is -0.378 e. The summed E-state index contributed by atoms with van der Waals surface area (Å²) in [6.45, 7) is 3.61. The van der Waals surface area contributed by atoms with E-state index in [-0.39, 0.29) is 12.6 Å². The first kappa shape index (κ1) is 11.9. The Kier molecular flexibility index (Phi) is 4.51. The van der Waals surface area contributed by atoms with Crippen molar-refractivity contribution in [3.05, 3.63) is 0 Å². The number of carbonyl (C=O) groups is 2. The predicted molar refractivity (Wildman–Crippen MR) is 54.1 cm³/mol. The topological polar surface area (TPSA) is 93.4 Å². The number of hydrogen-bond acceptors (Lipinski definition) is 4. The second kappa shape index (κ2) is 5.67. The van der Waals surface area contributed by atoms with Crippen LogP contribution in [0.5, 0.6) is 0 Å². The number of urea groups is 1. The first-order valence-electron chi connectivity index (χ1n) is 5.01. The van der Waals surface area contributed by atoms with Crippen molar-refractivity contribution in [3.63, 3.8) is 0 Å². The Morgan fingerprint density at radius 2 is 2.27 bits per heavy atom. The Hall–Kier alpha value is -1.14. The third-order valence-corrected chi connectivity index (χ3v) is 2.49. The number of amides is 3. The van der Waals surface area contributed by atoms with Crippen LogP contribution in [-0.2, 0) is 9.53 Å². The molecule has 4 N–H and O–H groups in total. The van der Waals surface area contributed by atoms with E-state index in [0.717, 1.165) is 13.0 Å². The molecular formula is C9H17N3O3. The summed E-state index contributed by atoms with van der Waals surface area (Å²) in [5, 5.41) is 4.95. The Morgan fingerprint density at radius 3 is 2.80 bits per heavy atom. The van der Waals surface area contributed by atoms with E-state index >= 15 is 0 Å². The van der Waals surface area contributed by atoms with Crippen molar-refractivity contribution in [1.82, 2.24) is 10.6 Å². The number of rotatable bonds is 4. The van der Waals surface area contributed by atoms with Gasteiger partial charge in [0.1, 0.15) is 0 Å². The lowest BCUT2D eigenvalue weighted by Gasteiger charge is -2.14. The van der Waals surface area contributed by atoms with Crippen molar-refractivity contribution in [1.29, 1.82) is 0 Å². The fourth-order valence-electron chi connectivity index (χ4n) is 1.60. The molecule has 1 aliphatic heterocycles. The molecule has 0 bridgehead atoms. The van der Waals surface area contributed by atoms with Crippen LogP contribution < -0.4 is 16.4 Å². The molecule has 86 valence electrons. The fourth-order valence-corrected chi connectivity index (χ4v) is 1.60. The summed E-state index contributed by atoms with van der Waals surface area (Å²) in [5.41, 5.74) is 4.79. The SMILES string of the molecule is CC1OCCC1CNCC(=O)NC(N)=O. The van der Waals surface area contributed by atoms with Gasteiger partial charge in [-0.25, -0.2) is 4.79 Å². The summed E-state index contributed by atoms with van der Waals surface area (Å²) in [5.74, 6) is 0.0282. The molecule has 6 heteroatoms. The molecule has 0 saturated carbocycles. The lowest BCUT2D eigenvalue weighted by Crippen LogP contribution is -2.42. The third kappa shape index (κ3) is 4.26. The lowest BCUT2D eigenvalue weighted by atomic mass is 10.0. The van der Waals surface area contributed by atoms with Crippen LogP contribution in [0.1, 0.15) is 13.3 Å². The van der Waals surface area contributed by atoms with Crippen LogP contribution in [0, 0.1) is 5.92 Å². The van der Waals surface area contributed by atoms with Gasteiger partial charge in [0.25, 0.3) is 0 Å². The van der Waals surface area contributed by atoms with Crippen LogP contribution in [0.2, 0.25) is 0 Å². The Bertz CT molecular complexity index is 245. The summed E-state index contributed by atoms with van der Waals surface area (Å²) < 4.78 is 5.37. The molecule has 2 unspecified atom stereocenters. The van der Waals surface area contributed by atoms with E-state index in [4.69, 9.17) is 10.5 Å². The molecule has 1 saturated heterocycles. The normalized spacial score (nSPS) is 25.1. The second-order valence-electron chi connectivity index (χ2n) is 3.67. The fraction of sp³-hybridized carbons (Fsp3) is 0.778. The Labute approximate surface area is 88.5 Å². The molecule has 0 aromatic heterocycles. The van der Waals surface area contributed by atoms with Gasteiger partial charge in [0, 0.05) is 13.2 Å². The number of nitrogens with two attached hydrogens (primary N) is 1. The molecule has 2 atom stereocenters. The quantitative estimate of drug-likeness (QED) is 0.572. The maximum Gasteiger partial charge on any atom is 0.318 e. The van der Waals surface area contributed by atoms with Gasteiger partial charge in [-0.15, -0.1) is 0 Å². The first-order valence-corrected chi connectivity index (χ1v) is 5.01. The van der Waals surface area contributed by atoms with E-state index in [9.17, 15) is 9.59 Å². The molecular weight excluding hydrogens is 198 g/mol. The lowest BCUT2D eigenvalue weighted by molar-refractivity contribution is -0.119. The molecule has 0 radical (unpaired) electrons. The average molecular weight is 215 g/mol. The number of carbonyl (C=O) groups excluding carboxylic acids is 2. The molecule has 6 nitrogen and oxygen atoms in total. The van der Waals surface area contributed by atoms with E-state index in [1.807, 2.05) is 12.2 Å². The van der Waals surface area contributed by atoms with Crippen LogP contribution in [0.4, 0.5) is 4.79 Å². The van der Waals surface area contributed by atoms with E-state index in [0.29, 0.717) is 12.5 Å². The summed E-state index contributed by atoms with van der Waals surface area (Å²) >= 11 is 0. The predicted octanol–water partition coefficient (Wildman–Crippen LogP) is -0.804. The van der Waals surface area contributed by atoms with Gasteiger partial charge in [-0.2, -0.15) is 0 Å². The third-order valence-electron chi connectivity index (χ3n) is 2.49. The molecule has 1 aliphatic rings. The molecule has 0 aromatic carbocycles. The monoisotopic (exact) mass is 215 g/mol. The largest absolute Gasteiger partial charge is 0.378 e. The van der Waals surface area contributed by atoms with Crippen molar-refractivity contribution in [3.8, 4) is 0 Å². The Balaban J connectivity index is 2.10. The second-order valence-corrected chi connectivity index (χ2v) is 3.67. The van der Waals surface area contributed by atoms with Gasteiger partial charge in [0.2, 0.25) is 5.91 Å². The summed E-state index contributed by atoms with van der Waals surface area (Å²) in [6, 6.07) is -0.820. The molecule has 3 amide bonds. The van der Waals surface area contributed by atoms with Crippen molar-refractivity contribution in [2.45, 2.75) is 19.4 Å². The zero-order valence-electron chi connectivity index (χ0n) is 8.79. The van der Waals surface area contributed by atoms with Gasteiger partial charge < -0.3 is 15.8 Å². The summed E-state index contributed by atoms with van der Waals surface area (Å²) in [4.78, 5) is 21.3. The number of primary amides is 1. The zero-order chi connectivity index (χ0) is 11.3. The average Bonchev–Trinajstić information content (AvgIpc) is 2.50. The first-order chi connectivity index (χ1) is 7.09. The summed E-state index contributed by atoms with van der Waals surface area (Å²) in [7, 11) is 0. The minimum absolute atomic E-state index is 0.103. The van der Waals surface area contributed by atoms with Crippen LogP contribution in [0.15, 0.2) is 0 Å². The number of imide groups is 1. The molecule has 0 aromatic rings. The van der Waals surface area contributed by atoms with Crippen LogP contribution in [0.25, 0.3) is 0 Å². The smallest absolute Gasteiger partial charge is 0.318 e. The summed E-state index contributed by atoms with van der Waals surface area (Å²) in [6.07, 6.45) is 1.24. The van der Waals surface area contributed by atoms with Gasteiger partial charge in [-0.05, 0) is 19.3 Å². The molecule has 0 aliphatic carbocycles. The standard InChI is InChI=1S/C9H17N3O3/c1-6-7(2-3-15-6)4-11-5-8(13)12-9(10)14/h6-7,11H,2-5H2,1H3,(H3,10,12,13,14). The van der Waals surface area contributed by atoms with Gasteiger partial charge in [0.05, 0.1) is 12.6 Å². The molecule has 1 fully saturated rings. The number of hydrogen-bond donors (Lipinski definition) is 3. The van der Waals surface area contributed by atoms with Crippen molar-refractivity contribution in [2.75, 3.05) is 19.7 Å². The zero-order valence-corrected chi connectivity index (χ0v) is 8.79. The maximum atomic E-state index is 11.0. The highest BCUT2D eigenvalue weighted by atomic mass is 16.5. The van der Waals surface area contributed by atoms with Crippen molar-refractivity contribution < 1.29 is 14.3 Å². The number of nitrogens with one attached hydrogen (secondary N) is 2. The van der Waals surface area contributed by atoms with Crippen molar-refractivity contribution in [2.24, 2.45) is 11.7 Å². The highest BCUT2D eigenvalue weighted by Crippen LogP contribution is 2.18. The van der Waals surface area contributed by atoms with Crippen molar-refractivity contribution >= 4 is 11.9 Å².